The number of hydrogen-bond donors (Lipinski definition) is 0. The van der Waals surface area contributed by atoms with E-state index in [1.807, 2.05) is 26.5 Å². The summed E-state index contributed by atoms with van der Waals surface area (Å²) in [6.07, 6.45) is 3.51. The van der Waals surface area contributed by atoms with E-state index >= 15 is 0 Å². The summed E-state index contributed by atoms with van der Waals surface area (Å²) in [5.74, 6) is 0. The summed E-state index contributed by atoms with van der Waals surface area (Å²) in [4.78, 5) is 10.4. The van der Waals surface area contributed by atoms with Crippen molar-refractivity contribution in [2.45, 2.75) is 6.54 Å². The maximum absolute atomic E-state index is 5.94. The summed E-state index contributed by atoms with van der Waals surface area (Å²) in [5.41, 5.74) is 1.81. The fourth-order valence-electron chi connectivity index (χ4n) is 1.45. The van der Waals surface area contributed by atoms with Crippen LogP contribution in [0.25, 0.3) is 11.0 Å². The number of rotatable bonds is 3. The van der Waals surface area contributed by atoms with Crippen molar-refractivity contribution in [1.82, 2.24) is 19.4 Å². The summed E-state index contributed by atoms with van der Waals surface area (Å²) in [7, 11) is 4.10. The van der Waals surface area contributed by atoms with Crippen LogP contribution in [0.15, 0.2) is 18.6 Å². The minimum atomic E-state index is 0.469. The zero-order valence-corrected chi connectivity index (χ0v) is 9.57. The molecular formula is C10H13ClN4. The van der Waals surface area contributed by atoms with E-state index in [9.17, 15) is 0 Å². The van der Waals surface area contributed by atoms with Gasteiger partial charge in [0.15, 0.2) is 5.15 Å². The van der Waals surface area contributed by atoms with Gasteiger partial charge < -0.3 is 9.47 Å². The number of hydrogen-bond acceptors (Lipinski definition) is 3. The lowest BCUT2D eigenvalue weighted by Crippen LogP contribution is -2.17. The van der Waals surface area contributed by atoms with Gasteiger partial charge in [-0.15, -0.1) is 0 Å². The number of likely N-dealkylation sites (N-methyl/N-ethyl adjacent to an activating group) is 1. The molecule has 2 rings (SSSR count). The highest BCUT2D eigenvalue weighted by atomic mass is 35.5. The van der Waals surface area contributed by atoms with E-state index in [2.05, 4.69) is 19.4 Å². The molecule has 2 aromatic heterocycles. The van der Waals surface area contributed by atoms with Crippen LogP contribution in [-0.2, 0) is 6.54 Å². The van der Waals surface area contributed by atoms with Gasteiger partial charge in [-0.1, -0.05) is 11.6 Å². The molecule has 0 aliphatic carbocycles. The van der Waals surface area contributed by atoms with Crippen LogP contribution < -0.4 is 0 Å². The molecule has 0 aromatic carbocycles. The molecule has 0 aliphatic rings. The molecule has 4 nitrogen and oxygen atoms in total. The molecule has 0 saturated heterocycles. The van der Waals surface area contributed by atoms with E-state index in [-0.39, 0.29) is 0 Å². The van der Waals surface area contributed by atoms with Crippen molar-refractivity contribution >= 4 is 22.6 Å². The molecule has 5 heteroatoms. The molecule has 0 spiro atoms. The average molecular weight is 225 g/mol. The highest BCUT2D eigenvalue weighted by molar-refractivity contribution is 6.33. The lowest BCUT2D eigenvalue weighted by atomic mass is 10.4. The predicted molar refractivity (Wildman–Crippen MR) is 61.1 cm³/mol. The van der Waals surface area contributed by atoms with Crippen LogP contribution in [0.5, 0.6) is 0 Å². The number of imidazole rings is 1. The molecule has 0 fully saturated rings. The van der Waals surface area contributed by atoms with Gasteiger partial charge in [0, 0.05) is 19.3 Å². The Labute approximate surface area is 93.5 Å². The Hall–Kier alpha value is -1.13. The molecule has 0 bridgehead atoms. The van der Waals surface area contributed by atoms with Crippen LogP contribution in [0.2, 0.25) is 5.15 Å². The molecule has 0 atom stereocenters. The predicted octanol–water partition coefficient (Wildman–Crippen LogP) is 1.65. The molecule has 0 N–H and O–H groups in total. The zero-order chi connectivity index (χ0) is 10.8. The average Bonchev–Trinajstić information content (AvgIpc) is 2.59. The fraction of sp³-hybridized carbons (Fsp3) is 0.400. The standard InChI is InChI=1S/C10H13ClN4/c1-14(2)5-6-15-7-13-9-8(15)3-4-12-10(9)11/h3-4,7H,5-6H2,1-2H3. The third-order valence-electron chi connectivity index (χ3n) is 2.28. The van der Waals surface area contributed by atoms with Gasteiger partial charge in [0.05, 0.1) is 11.8 Å². The van der Waals surface area contributed by atoms with E-state index in [0.717, 1.165) is 24.1 Å². The maximum Gasteiger partial charge on any atom is 0.156 e. The molecule has 0 aliphatic heterocycles. The number of fused-ring (bicyclic) bond motifs is 1. The van der Waals surface area contributed by atoms with E-state index in [1.54, 1.807) is 6.20 Å². The minimum absolute atomic E-state index is 0.469. The van der Waals surface area contributed by atoms with E-state index in [0.29, 0.717) is 5.15 Å². The van der Waals surface area contributed by atoms with Gasteiger partial charge in [0.25, 0.3) is 0 Å². The smallest absolute Gasteiger partial charge is 0.156 e. The van der Waals surface area contributed by atoms with Crippen LogP contribution >= 0.6 is 11.6 Å². The third-order valence-corrected chi connectivity index (χ3v) is 2.56. The highest BCUT2D eigenvalue weighted by Crippen LogP contribution is 2.18. The number of nitrogens with zero attached hydrogens (tertiary/aromatic N) is 4. The lowest BCUT2D eigenvalue weighted by molar-refractivity contribution is 0.386. The topological polar surface area (TPSA) is 34.0 Å². The third kappa shape index (κ3) is 2.11. The summed E-state index contributed by atoms with van der Waals surface area (Å²) in [6.45, 7) is 1.88. The molecule has 15 heavy (non-hydrogen) atoms. The summed E-state index contributed by atoms with van der Waals surface area (Å²) in [6, 6.07) is 1.93. The van der Waals surface area contributed by atoms with Gasteiger partial charge in [-0.05, 0) is 20.2 Å². The quantitative estimate of drug-likeness (QED) is 0.744. The molecular weight excluding hydrogens is 212 g/mol. The Balaban J connectivity index is 2.33. The minimum Gasteiger partial charge on any atom is -0.329 e. The van der Waals surface area contributed by atoms with E-state index < -0.39 is 0 Å². The van der Waals surface area contributed by atoms with Gasteiger partial charge in [0.2, 0.25) is 0 Å². The Morgan fingerprint density at radius 1 is 1.40 bits per heavy atom. The molecule has 2 heterocycles. The lowest BCUT2D eigenvalue weighted by Gasteiger charge is -2.10. The van der Waals surface area contributed by atoms with Crippen LogP contribution in [0.1, 0.15) is 0 Å². The zero-order valence-electron chi connectivity index (χ0n) is 8.81. The van der Waals surface area contributed by atoms with Crippen LogP contribution in [0, 0.1) is 0 Å². The summed E-state index contributed by atoms with van der Waals surface area (Å²) >= 11 is 5.94. The van der Waals surface area contributed by atoms with Gasteiger partial charge in [0.1, 0.15) is 5.52 Å². The van der Waals surface area contributed by atoms with E-state index in [4.69, 9.17) is 11.6 Å². The van der Waals surface area contributed by atoms with Crippen molar-refractivity contribution in [1.29, 1.82) is 0 Å². The Morgan fingerprint density at radius 3 is 2.93 bits per heavy atom. The van der Waals surface area contributed by atoms with Crippen molar-refractivity contribution in [3.63, 3.8) is 0 Å². The van der Waals surface area contributed by atoms with Gasteiger partial charge in [-0.3, -0.25) is 0 Å². The highest BCUT2D eigenvalue weighted by Gasteiger charge is 2.06. The maximum atomic E-state index is 5.94. The first-order valence-corrected chi connectivity index (χ1v) is 5.16. The van der Waals surface area contributed by atoms with Crippen molar-refractivity contribution in [3.05, 3.63) is 23.7 Å². The van der Waals surface area contributed by atoms with Crippen molar-refractivity contribution < 1.29 is 0 Å². The number of pyridine rings is 1. The second kappa shape index (κ2) is 4.16. The SMILES string of the molecule is CN(C)CCn1cnc2c(Cl)nccc21. The number of halogens is 1. The molecule has 2 aromatic rings. The molecule has 80 valence electrons. The summed E-state index contributed by atoms with van der Waals surface area (Å²) in [5, 5.41) is 0.469. The molecule has 0 saturated carbocycles. The fourth-order valence-corrected chi connectivity index (χ4v) is 1.65. The van der Waals surface area contributed by atoms with Crippen molar-refractivity contribution in [3.8, 4) is 0 Å². The largest absolute Gasteiger partial charge is 0.329 e. The molecule has 0 unspecified atom stereocenters. The van der Waals surface area contributed by atoms with Gasteiger partial charge in [-0.2, -0.15) is 0 Å². The second-order valence-electron chi connectivity index (χ2n) is 3.71. The van der Waals surface area contributed by atoms with Gasteiger partial charge in [-0.25, -0.2) is 9.97 Å². The number of aromatic nitrogens is 3. The van der Waals surface area contributed by atoms with E-state index in [1.165, 1.54) is 0 Å². The van der Waals surface area contributed by atoms with Crippen molar-refractivity contribution in [2.24, 2.45) is 0 Å². The van der Waals surface area contributed by atoms with Crippen LogP contribution in [0.4, 0.5) is 0 Å². The van der Waals surface area contributed by atoms with Crippen LogP contribution in [0.3, 0.4) is 0 Å². The molecule has 0 radical (unpaired) electrons. The first-order chi connectivity index (χ1) is 7.18. The second-order valence-corrected chi connectivity index (χ2v) is 4.07. The molecule has 0 amide bonds. The van der Waals surface area contributed by atoms with Gasteiger partial charge >= 0.3 is 0 Å². The van der Waals surface area contributed by atoms with Crippen molar-refractivity contribution in [2.75, 3.05) is 20.6 Å². The first-order valence-electron chi connectivity index (χ1n) is 4.78. The van der Waals surface area contributed by atoms with Crippen LogP contribution in [-0.4, -0.2) is 40.1 Å². The Bertz CT molecular complexity index is 463. The first kappa shape index (κ1) is 10.4. The Morgan fingerprint density at radius 2 is 2.20 bits per heavy atom. The summed E-state index contributed by atoms with van der Waals surface area (Å²) < 4.78 is 2.09. The monoisotopic (exact) mass is 224 g/mol. The Kier molecular flexibility index (Phi) is 2.88. The normalized spacial score (nSPS) is 11.5.